The van der Waals surface area contributed by atoms with Crippen LogP contribution in [-0.2, 0) is 16.0 Å². The van der Waals surface area contributed by atoms with E-state index < -0.39 is 12.6 Å². The van der Waals surface area contributed by atoms with Gasteiger partial charge in [0.05, 0.1) is 23.1 Å². The van der Waals surface area contributed by atoms with Crippen LogP contribution < -0.4 is 4.74 Å². The van der Waals surface area contributed by atoms with E-state index in [0.29, 0.717) is 5.56 Å². The maximum absolute atomic E-state index is 12.2. The molecule has 0 atom stereocenters. The Morgan fingerprint density at radius 3 is 2.61 bits per heavy atom. The molecule has 100 valence electrons. The Balaban J connectivity index is 2.97. The van der Waals surface area contributed by atoms with E-state index in [1.807, 2.05) is 0 Å². The minimum absolute atomic E-state index is 0.0482. The zero-order chi connectivity index (χ0) is 13.7. The smallest absolute Gasteiger partial charge is 0.387 e. The summed E-state index contributed by atoms with van der Waals surface area (Å²) < 4.78 is 33.3. The van der Waals surface area contributed by atoms with Crippen LogP contribution in [0.2, 0.25) is 10.0 Å². The second kappa shape index (κ2) is 6.75. The fourth-order valence-corrected chi connectivity index (χ4v) is 1.80. The quantitative estimate of drug-likeness (QED) is 0.778. The molecule has 0 saturated heterocycles. The second-order valence-electron chi connectivity index (χ2n) is 3.21. The van der Waals surface area contributed by atoms with Crippen molar-refractivity contribution in [3.8, 4) is 5.75 Å². The van der Waals surface area contributed by atoms with Crippen LogP contribution in [0, 0.1) is 0 Å². The lowest BCUT2D eigenvalue weighted by atomic mass is 10.1. The molecular formula is C11H10Cl2F2O3. The molecule has 0 aromatic heterocycles. The number of benzene rings is 1. The van der Waals surface area contributed by atoms with Crippen molar-refractivity contribution in [2.75, 3.05) is 6.61 Å². The number of carbonyl (C=O) groups excluding carboxylic acids is 1. The molecule has 1 aromatic rings. The van der Waals surface area contributed by atoms with Gasteiger partial charge in [-0.15, -0.1) is 0 Å². The molecule has 0 bridgehead atoms. The summed E-state index contributed by atoms with van der Waals surface area (Å²) in [4.78, 5) is 11.3. The molecule has 0 spiro atoms. The minimum Gasteiger partial charge on any atom is -0.466 e. The van der Waals surface area contributed by atoms with Crippen molar-refractivity contribution in [2.45, 2.75) is 20.0 Å². The number of rotatable bonds is 5. The zero-order valence-electron chi connectivity index (χ0n) is 9.38. The topological polar surface area (TPSA) is 35.5 Å². The van der Waals surface area contributed by atoms with E-state index in [0.717, 1.165) is 0 Å². The summed E-state index contributed by atoms with van der Waals surface area (Å²) in [5, 5.41) is -0.163. The van der Waals surface area contributed by atoms with Crippen molar-refractivity contribution in [2.24, 2.45) is 0 Å². The van der Waals surface area contributed by atoms with Crippen LogP contribution in [0.4, 0.5) is 8.78 Å². The van der Waals surface area contributed by atoms with Crippen molar-refractivity contribution < 1.29 is 23.0 Å². The third kappa shape index (κ3) is 3.99. The third-order valence-electron chi connectivity index (χ3n) is 1.98. The molecule has 0 unspecified atom stereocenters. The van der Waals surface area contributed by atoms with Crippen molar-refractivity contribution in [3.63, 3.8) is 0 Å². The van der Waals surface area contributed by atoms with Crippen molar-refractivity contribution in [1.29, 1.82) is 0 Å². The van der Waals surface area contributed by atoms with Crippen LogP contribution in [0.25, 0.3) is 0 Å². The van der Waals surface area contributed by atoms with E-state index in [2.05, 4.69) is 4.74 Å². The highest BCUT2D eigenvalue weighted by atomic mass is 35.5. The van der Waals surface area contributed by atoms with Gasteiger partial charge < -0.3 is 9.47 Å². The van der Waals surface area contributed by atoms with E-state index in [1.165, 1.54) is 12.1 Å². The summed E-state index contributed by atoms with van der Waals surface area (Å²) in [7, 11) is 0. The van der Waals surface area contributed by atoms with Crippen LogP contribution in [0.5, 0.6) is 5.75 Å². The number of halogens is 4. The Morgan fingerprint density at radius 2 is 2.06 bits per heavy atom. The number of esters is 1. The highest BCUT2D eigenvalue weighted by Gasteiger charge is 2.17. The first-order valence-corrected chi connectivity index (χ1v) is 5.78. The molecule has 0 fully saturated rings. The highest BCUT2D eigenvalue weighted by Crippen LogP contribution is 2.36. The number of ether oxygens (including phenoxy) is 2. The first-order valence-electron chi connectivity index (χ1n) is 5.03. The van der Waals surface area contributed by atoms with Gasteiger partial charge in [-0.2, -0.15) is 8.78 Å². The van der Waals surface area contributed by atoms with Gasteiger partial charge >= 0.3 is 12.6 Å². The Labute approximate surface area is 113 Å². The van der Waals surface area contributed by atoms with Gasteiger partial charge in [-0.1, -0.05) is 29.3 Å². The van der Waals surface area contributed by atoms with E-state index in [-0.39, 0.29) is 28.8 Å². The largest absolute Gasteiger partial charge is 0.466 e. The molecule has 1 rings (SSSR count). The third-order valence-corrected chi connectivity index (χ3v) is 2.69. The Kier molecular flexibility index (Phi) is 5.62. The SMILES string of the molecule is CCOC(=O)Cc1ccc(Cl)c(OC(F)F)c1Cl. The summed E-state index contributed by atoms with van der Waals surface area (Å²) >= 11 is 11.5. The second-order valence-corrected chi connectivity index (χ2v) is 4.00. The van der Waals surface area contributed by atoms with Crippen LogP contribution >= 0.6 is 23.2 Å². The molecule has 1 aromatic carbocycles. The summed E-state index contributed by atoms with van der Waals surface area (Å²) in [6.07, 6.45) is -0.135. The molecule has 0 aliphatic carbocycles. The molecule has 0 saturated carbocycles. The molecule has 0 aliphatic rings. The van der Waals surface area contributed by atoms with Crippen molar-refractivity contribution in [3.05, 3.63) is 27.7 Å². The first kappa shape index (κ1) is 15.0. The van der Waals surface area contributed by atoms with Crippen LogP contribution in [0.1, 0.15) is 12.5 Å². The Bertz CT molecular complexity index is 439. The number of alkyl halides is 2. The molecule has 0 radical (unpaired) electrons. The van der Waals surface area contributed by atoms with Crippen LogP contribution in [0.3, 0.4) is 0 Å². The van der Waals surface area contributed by atoms with Gasteiger partial charge in [0.2, 0.25) is 0 Å². The van der Waals surface area contributed by atoms with Crippen molar-refractivity contribution >= 4 is 29.2 Å². The molecule has 7 heteroatoms. The molecule has 18 heavy (non-hydrogen) atoms. The number of hydrogen-bond acceptors (Lipinski definition) is 3. The molecule has 0 aliphatic heterocycles. The average molecular weight is 299 g/mol. The number of carbonyl (C=O) groups is 1. The fraction of sp³-hybridized carbons (Fsp3) is 0.364. The van der Waals surface area contributed by atoms with E-state index in [4.69, 9.17) is 27.9 Å². The Morgan fingerprint density at radius 1 is 1.39 bits per heavy atom. The highest BCUT2D eigenvalue weighted by molar-refractivity contribution is 6.37. The molecular weight excluding hydrogens is 289 g/mol. The standard InChI is InChI=1S/C11H10Cl2F2O3/c1-2-17-8(16)5-6-3-4-7(12)10(9(6)13)18-11(14)15/h3-4,11H,2,5H2,1H3. The fourth-order valence-electron chi connectivity index (χ4n) is 1.27. The zero-order valence-corrected chi connectivity index (χ0v) is 10.9. The monoisotopic (exact) mass is 298 g/mol. The van der Waals surface area contributed by atoms with E-state index in [1.54, 1.807) is 6.92 Å². The van der Waals surface area contributed by atoms with Crippen LogP contribution in [-0.4, -0.2) is 19.2 Å². The van der Waals surface area contributed by atoms with Gasteiger partial charge in [0, 0.05) is 0 Å². The van der Waals surface area contributed by atoms with Crippen molar-refractivity contribution in [1.82, 2.24) is 0 Å². The van der Waals surface area contributed by atoms with E-state index in [9.17, 15) is 13.6 Å². The van der Waals surface area contributed by atoms with Gasteiger partial charge in [-0.25, -0.2) is 0 Å². The number of hydrogen-bond donors (Lipinski definition) is 0. The predicted octanol–water partition coefficient (Wildman–Crippen LogP) is 3.70. The lowest BCUT2D eigenvalue weighted by molar-refractivity contribution is -0.142. The maximum atomic E-state index is 12.2. The van der Waals surface area contributed by atoms with Gasteiger partial charge in [0.1, 0.15) is 0 Å². The molecule has 0 heterocycles. The average Bonchev–Trinajstić information content (AvgIpc) is 2.28. The minimum atomic E-state index is -3.04. The van der Waals surface area contributed by atoms with Gasteiger partial charge in [0.15, 0.2) is 5.75 Å². The Hall–Kier alpha value is -1.07. The summed E-state index contributed by atoms with van der Waals surface area (Å²) in [5.41, 5.74) is 0.315. The molecule has 0 amide bonds. The van der Waals surface area contributed by atoms with Crippen LogP contribution in [0.15, 0.2) is 12.1 Å². The molecule has 0 N–H and O–H groups in total. The maximum Gasteiger partial charge on any atom is 0.387 e. The summed E-state index contributed by atoms with van der Waals surface area (Å²) in [5.74, 6) is -0.847. The van der Waals surface area contributed by atoms with Gasteiger partial charge in [-0.05, 0) is 18.6 Å². The van der Waals surface area contributed by atoms with Gasteiger partial charge in [0.25, 0.3) is 0 Å². The van der Waals surface area contributed by atoms with E-state index >= 15 is 0 Å². The first-order chi connectivity index (χ1) is 8.45. The molecule has 3 nitrogen and oxygen atoms in total. The van der Waals surface area contributed by atoms with Gasteiger partial charge in [-0.3, -0.25) is 4.79 Å². The summed E-state index contributed by atoms with van der Waals surface area (Å²) in [6, 6.07) is 2.79. The lowest BCUT2D eigenvalue weighted by Gasteiger charge is -2.12. The summed E-state index contributed by atoms with van der Waals surface area (Å²) in [6.45, 7) is -1.16. The predicted molar refractivity (Wildman–Crippen MR) is 63.4 cm³/mol. The normalized spacial score (nSPS) is 10.6. The lowest BCUT2D eigenvalue weighted by Crippen LogP contribution is -2.09.